The monoisotopic (exact) mass is 434 g/mol. The van der Waals surface area contributed by atoms with Gasteiger partial charge in [0.2, 0.25) is 0 Å². The normalized spacial score (nSPS) is 13.2. The molecule has 2 N–H and O–H groups in total. The number of rotatable bonds is 7. The Hall–Kier alpha value is -4.27. The molecule has 2 amide bonds. The van der Waals surface area contributed by atoms with Gasteiger partial charge in [-0.2, -0.15) is 10.1 Å². The Bertz CT molecular complexity index is 1160. The molecule has 2 aromatic carbocycles. The van der Waals surface area contributed by atoms with Gasteiger partial charge in [-0.1, -0.05) is 18.2 Å². The molecule has 0 bridgehead atoms. The number of hydrogen-bond donors (Lipinski definition) is 2. The van der Waals surface area contributed by atoms with E-state index >= 15 is 0 Å². The number of benzene rings is 2. The third kappa shape index (κ3) is 4.41. The van der Waals surface area contributed by atoms with E-state index in [2.05, 4.69) is 15.4 Å². The Morgan fingerprint density at radius 3 is 2.69 bits per heavy atom. The van der Waals surface area contributed by atoms with Crippen molar-refractivity contribution in [1.29, 1.82) is 0 Å². The quantitative estimate of drug-likeness (QED) is 0.591. The van der Waals surface area contributed by atoms with E-state index in [1.807, 2.05) is 18.2 Å². The van der Waals surface area contributed by atoms with Crippen LogP contribution in [0.15, 0.2) is 65.9 Å². The lowest BCUT2D eigenvalue weighted by Gasteiger charge is -2.24. The second kappa shape index (κ2) is 9.25. The Kier molecular flexibility index (Phi) is 6.07. The highest BCUT2D eigenvalue weighted by molar-refractivity contribution is 6.04. The molecule has 0 unspecified atom stereocenters. The molecule has 9 nitrogen and oxygen atoms in total. The first-order valence-electron chi connectivity index (χ1n) is 9.86. The van der Waals surface area contributed by atoms with Crippen LogP contribution in [0.2, 0.25) is 0 Å². The van der Waals surface area contributed by atoms with Gasteiger partial charge in [0.1, 0.15) is 18.0 Å². The summed E-state index contributed by atoms with van der Waals surface area (Å²) in [6, 6.07) is 16.0. The Morgan fingerprint density at radius 1 is 1.12 bits per heavy atom. The molecule has 0 atom stereocenters. The Morgan fingerprint density at radius 2 is 1.94 bits per heavy atom. The fourth-order valence-electron chi connectivity index (χ4n) is 3.28. The number of ether oxygens (including phenoxy) is 3. The van der Waals surface area contributed by atoms with Crippen molar-refractivity contribution >= 4 is 23.4 Å². The maximum Gasteiger partial charge on any atom is 0.431 e. The highest BCUT2D eigenvalue weighted by Crippen LogP contribution is 2.29. The number of cyclic esters (lactones) is 1. The van der Waals surface area contributed by atoms with Gasteiger partial charge in [0.15, 0.2) is 11.5 Å². The van der Waals surface area contributed by atoms with Gasteiger partial charge in [-0.25, -0.2) is 4.79 Å². The van der Waals surface area contributed by atoms with Crippen LogP contribution in [0.4, 0.5) is 10.5 Å². The molecule has 0 radical (unpaired) electrons. The zero-order valence-corrected chi connectivity index (χ0v) is 17.6. The maximum absolute atomic E-state index is 12.4. The molecule has 4 rings (SSSR count). The lowest BCUT2D eigenvalue weighted by molar-refractivity contribution is 0.102. The summed E-state index contributed by atoms with van der Waals surface area (Å²) >= 11 is 0. The molecule has 0 saturated heterocycles. The summed E-state index contributed by atoms with van der Waals surface area (Å²) in [4.78, 5) is 27.7. The van der Waals surface area contributed by atoms with Crippen molar-refractivity contribution in [3.8, 4) is 11.5 Å². The number of methoxy groups -OCH3 is 2. The molecule has 2 heterocycles. The van der Waals surface area contributed by atoms with Crippen LogP contribution in [0.3, 0.4) is 0 Å². The molecule has 3 aromatic rings. The average Bonchev–Trinajstić information content (AvgIpc) is 3.36. The van der Waals surface area contributed by atoms with Gasteiger partial charge in [0, 0.05) is 17.4 Å². The third-order valence-electron chi connectivity index (χ3n) is 4.93. The van der Waals surface area contributed by atoms with Gasteiger partial charge in [-0.3, -0.25) is 4.79 Å². The van der Waals surface area contributed by atoms with Gasteiger partial charge in [0.25, 0.3) is 5.91 Å². The molecule has 9 heteroatoms. The summed E-state index contributed by atoms with van der Waals surface area (Å²) in [6.45, 7) is 0.160. The molecule has 0 aliphatic carbocycles. The highest BCUT2D eigenvalue weighted by Gasteiger charge is 2.24. The van der Waals surface area contributed by atoms with E-state index < -0.39 is 6.09 Å². The molecular formula is C23H22N4O5. The molecule has 1 aliphatic heterocycles. The van der Waals surface area contributed by atoms with Gasteiger partial charge >= 0.3 is 6.09 Å². The molecule has 1 aliphatic rings. The second-order valence-corrected chi connectivity index (χ2v) is 6.92. The number of nitrogens with zero attached hydrogens (tertiary/aromatic N) is 2. The van der Waals surface area contributed by atoms with Crippen molar-refractivity contribution < 1.29 is 23.8 Å². The van der Waals surface area contributed by atoms with Crippen molar-refractivity contribution in [2.45, 2.75) is 6.54 Å². The summed E-state index contributed by atoms with van der Waals surface area (Å²) in [7, 11) is 3.11. The van der Waals surface area contributed by atoms with Crippen LogP contribution in [0.5, 0.6) is 11.5 Å². The van der Waals surface area contributed by atoms with Crippen molar-refractivity contribution in [3.63, 3.8) is 0 Å². The number of para-hydroxylation sites is 1. The molecule has 0 saturated carbocycles. The number of aromatic amines is 1. The maximum atomic E-state index is 12.4. The van der Waals surface area contributed by atoms with E-state index in [9.17, 15) is 9.59 Å². The number of carbonyl (C=O) groups excluding carboxylic acids is 2. The van der Waals surface area contributed by atoms with Gasteiger partial charge in [0.05, 0.1) is 20.8 Å². The first kappa shape index (κ1) is 21.0. The first-order valence-corrected chi connectivity index (χ1v) is 9.86. The number of anilines is 1. The molecule has 164 valence electrons. The van der Waals surface area contributed by atoms with E-state index in [0.717, 1.165) is 5.56 Å². The van der Waals surface area contributed by atoms with E-state index in [0.29, 0.717) is 34.2 Å². The number of nitrogens with one attached hydrogen (secondary N) is 2. The van der Waals surface area contributed by atoms with Crippen LogP contribution in [-0.2, 0) is 11.3 Å². The smallest absolute Gasteiger partial charge is 0.431 e. The summed E-state index contributed by atoms with van der Waals surface area (Å²) in [6.07, 6.45) is 1.11. The Balaban J connectivity index is 1.58. The minimum absolute atomic E-state index is 0.0377. The summed E-state index contributed by atoms with van der Waals surface area (Å²) in [5.41, 5.74) is 3.04. The predicted octanol–water partition coefficient (Wildman–Crippen LogP) is 3.64. The number of hydrazone groups is 1. The van der Waals surface area contributed by atoms with Crippen molar-refractivity contribution in [2.24, 2.45) is 5.10 Å². The topological polar surface area (TPSA) is 105 Å². The lowest BCUT2D eigenvalue weighted by atomic mass is 10.1. The van der Waals surface area contributed by atoms with Gasteiger partial charge in [-0.05, 0) is 42.0 Å². The zero-order valence-electron chi connectivity index (χ0n) is 17.6. The Labute approximate surface area is 184 Å². The van der Waals surface area contributed by atoms with E-state index in [1.54, 1.807) is 56.8 Å². The SMILES string of the molecule is COc1ccc(C2=NN(Cc3ccccc3NC(=O)c3ccc[nH]3)C(=O)OC2)cc1OC. The molecule has 0 spiro atoms. The van der Waals surface area contributed by atoms with Gasteiger partial charge < -0.3 is 24.5 Å². The van der Waals surface area contributed by atoms with Crippen LogP contribution >= 0.6 is 0 Å². The van der Waals surface area contributed by atoms with Crippen molar-refractivity contribution in [1.82, 2.24) is 9.99 Å². The fraction of sp³-hybridized carbons (Fsp3) is 0.174. The third-order valence-corrected chi connectivity index (χ3v) is 4.93. The summed E-state index contributed by atoms with van der Waals surface area (Å²) in [5.74, 6) is 0.861. The largest absolute Gasteiger partial charge is 0.493 e. The number of H-pyrrole nitrogens is 1. The highest BCUT2D eigenvalue weighted by atomic mass is 16.6. The number of carbonyl (C=O) groups is 2. The molecule has 32 heavy (non-hydrogen) atoms. The van der Waals surface area contributed by atoms with Crippen LogP contribution in [-0.4, -0.2) is 48.5 Å². The van der Waals surface area contributed by atoms with Crippen LogP contribution < -0.4 is 14.8 Å². The minimum Gasteiger partial charge on any atom is -0.493 e. The zero-order chi connectivity index (χ0) is 22.5. The standard InChI is InChI=1S/C23H22N4O5/c1-30-20-10-9-15(12-21(20)31-2)19-14-32-23(29)27(26-19)13-16-6-3-4-7-17(16)25-22(28)18-8-5-11-24-18/h3-12,24H,13-14H2,1-2H3,(H,25,28). The van der Waals surface area contributed by atoms with E-state index in [4.69, 9.17) is 14.2 Å². The van der Waals surface area contributed by atoms with E-state index in [-0.39, 0.29) is 19.1 Å². The average molecular weight is 434 g/mol. The van der Waals surface area contributed by atoms with Crippen LogP contribution in [0, 0.1) is 0 Å². The van der Waals surface area contributed by atoms with Gasteiger partial charge in [-0.15, -0.1) is 0 Å². The predicted molar refractivity (Wildman–Crippen MR) is 118 cm³/mol. The van der Waals surface area contributed by atoms with Crippen molar-refractivity contribution in [3.05, 3.63) is 77.6 Å². The minimum atomic E-state index is -0.570. The number of hydrogen-bond acceptors (Lipinski definition) is 6. The molecule has 1 aromatic heterocycles. The molecular weight excluding hydrogens is 412 g/mol. The molecule has 0 fully saturated rings. The first-order chi connectivity index (χ1) is 15.6. The number of amides is 2. The van der Waals surface area contributed by atoms with Crippen molar-refractivity contribution in [2.75, 3.05) is 26.1 Å². The summed E-state index contributed by atoms with van der Waals surface area (Å²) in [5, 5.41) is 8.58. The summed E-state index contributed by atoms with van der Waals surface area (Å²) < 4.78 is 16.0. The van der Waals surface area contributed by atoms with Crippen LogP contribution in [0.25, 0.3) is 0 Å². The fourth-order valence-corrected chi connectivity index (χ4v) is 3.28. The van der Waals surface area contributed by atoms with Crippen LogP contribution in [0.1, 0.15) is 21.6 Å². The second-order valence-electron chi connectivity index (χ2n) is 6.92. The van der Waals surface area contributed by atoms with E-state index in [1.165, 1.54) is 5.01 Å². The number of aromatic nitrogens is 1. The lowest BCUT2D eigenvalue weighted by Crippen LogP contribution is -2.35.